The fraction of sp³-hybridized carbons (Fsp3) is 0.136. The quantitative estimate of drug-likeness (QED) is 0.146. The van der Waals surface area contributed by atoms with E-state index in [1.54, 1.807) is 0 Å². The molecule has 2 aromatic heterocycles. The van der Waals surface area contributed by atoms with E-state index in [4.69, 9.17) is 0 Å². The highest BCUT2D eigenvalue weighted by molar-refractivity contribution is 7.26. The van der Waals surface area contributed by atoms with Crippen molar-refractivity contribution in [2.45, 2.75) is 78.6 Å². The Morgan fingerprint density at radius 3 is 0.933 bits per heavy atom. The molecule has 0 radical (unpaired) electrons. The Balaban J connectivity index is 0.000000151. The molecule has 16 rings (SSSR count). The maximum absolute atomic E-state index is 2.42. The fourth-order valence-electron chi connectivity index (χ4n) is 13.1. The third kappa shape index (κ3) is 11.1. The first-order valence-electron chi connectivity index (χ1n) is 31.7. The molecule has 0 saturated heterocycles. The Kier molecular flexibility index (Phi) is 14.1. The minimum atomic E-state index is 0.0847. The molecule has 0 saturated carbocycles. The summed E-state index contributed by atoms with van der Waals surface area (Å²) in [4.78, 5) is 0. The van der Waals surface area contributed by atoms with Crippen molar-refractivity contribution in [1.29, 1.82) is 0 Å². The molecule has 90 heavy (non-hydrogen) atoms. The molecule has 14 aromatic carbocycles. The Labute approximate surface area is 537 Å². The second-order valence-electron chi connectivity index (χ2n) is 27.9. The highest BCUT2D eigenvalue weighted by Gasteiger charge is 2.22. The smallest absolute Gasteiger partial charge is 0.0355 e. The van der Waals surface area contributed by atoms with Crippen LogP contribution in [0.2, 0.25) is 0 Å². The second-order valence-corrected chi connectivity index (χ2v) is 30.0. The zero-order chi connectivity index (χ0) is 61.6. The van der Waals surface area contributed by atoms with Crippen LogP contribution in [0.25, 0.3) is 150 Å². The van der Waals surface area contributed by atoms with Crippen molar-refractivity contribution in [3.63, 3.8) is 0 Å². The predicted octanol–water partition coefficient (Wildman–Crippen LogP) is 26.6. The highest BCUT2D eigenvalue weighted by Crippen LogP contribution is 2.43. The van der Waals surface area contributed by atoms with Crippen LogP contribution in [0.1, 0.15) is 79.0 Å². The molecule has 0 aliphatic heterocycles. The first kappa shape index (κ1) is 57.0. The Hall–Kier alpha value is -9.44. The molecule has 0 fully saturated rings. The predicted molar refractivity (Wildman–Crippen MR) is 397 cm³/mol. The van der Waals surface area contributed by atoms with Gasteiger partial charge in [0.25, 0.3) is 0 Å². The van der Waals surface area contributed by atoms with E-state index in [2.05, 4.69) is 335 Å². The third-order valence-corrected chi connectivity index (χ3v) is 20.8. The number of rotatable bonds is 6. The summed E-state index contributed by atoms with van der Waals surface area (Å²) in [6, 6.07) is 102. The lowest BCUT2D eigenvalue weighted by Crippen LogP contribution is -2.16. The van der Waals surface area contributed by atoms with E-state index in [0.717, 1.165) is 0 Å². The normalized spacial score (nSPS) is 12.3. The SMILES string of the molecule is CC(C)(C)c1cc(-c2ccc3sc4ccc(-c5ccc6cc7cc(-c8ccccc8)ccc7cc6c5)cc4c3c2)cc(C(C)(C)C)c1.CC(C)(C)c1ccc(-c2cccc(-c3ccc4cc5cc(-c6ccc7sc8ccccc8c7c6)ccc5cc4c3)c2)cc1. The van der Waals surface area contributed by atoms with E-state index in [0.29, 0.717) is 0 Å². The summed E-state index contributed by atoms with van der Waals surface area (Å²) in [5, 5.41) is 15.5. The molecule has 436 valence electrons. The molecule has 0 unspecified atom stereocenters. The van der Waals surface area contributed by atoms with Crippen LogP contribution < -0.4 is 0 Å². The first-order valence-corrected chi connectivity index (χ1v) is 33.3. The van der Waals surface area contributed by atoms with Gasteiger partial charge in [0.15, 0.2) is 0 Å². The molecular weight excluding hydrogens is 1120 g/mol. The van der Waals surface area contributed by atoms with Crippen molar-refractivity contribution in [3.8, 4) is 66.8 Å². The van der Waals surface area contributed by atoms with E-state index in [1.165, 1.54) is 167 Å². The molecule has 16 aromatic rings. The van der Waals surface area contributed by atoms with Crippen molar-refractivity contribution in [3.05, 3.63) is 290 Å². The summed E-state index contributed by atoms with van der Waals surface area (Å²) < 4.78 is 5.36. The molecule has 0 N–H and O–H groups in total. The minimum Gasteiger partial charge on any atom is -0.135 e. The second kappa shape index (κ2) is 22.2. The lowest BCUT2D eigenvalue weighted by molar-refractivity contribution is 0.569. The van der Waals surface area contributed by atoms with Crippen LogP contribution in [-0.4, -0.2) is 0 Å². The number of hydrogen-bond acceptors (Lipinski definition) is 2. The zero-order valence-corrected chi connectivity index (χ0v) is 54.4. The highest BCUT2D eigenvalue weighted by atomic mass is 32.1. The van der Waals surface area contributed by atoms with Crippen LogP contribution in [0.5, 0.6) is 0 Å². The van der Waals surface area contributed by atoms with Gasteiger partial charge in [0.05, 0.1) is 0 Å². The Bertz CT molecular complexity index is 5420. The topological polar surface area (TPSA) is 0 Å². The summed E-state index contributed by atoms with van der Waals surface area (Å²) in [5.74, 6) is 0. The number of fused-ring (bicyclic) bond motifs is 10. The van der Waals surface area contributed by atoms with Gasteiger partial charge in [-0.15, -0.1) is 22.7 Å². The van der Waals surface area contributed by atoms with Crippen molar-refractivity contribution < 1.29 is 0 Å². The summed E-state index contributed by atoms with van der Waals surface area (Å²) in [5.41, 5.74) is 19.6. The minimum absolute atomic E-state index is 0.0847. The Morgan fingerprint density at radius 2 is 0.489 bits per heavy atom. The fourth-order valence-corrected chi connectivity index (χ4v) is 15.2. The van der Waals surface area contributed by atoms with Crippen molar-refractivity contribution in [2.75, 3.05) is 0 Å². The van der Waals surface area contributed by atoms with E-state index < -0.39 is 0 Å². The molecular formula is C88H72S2. The van der Waals surface area contributed by atoms with Crippen LogP contribution in [0, 0.1) is 0 Å². The lowest BCUT2D eigenvalue weighted by atomic mass is 9.79. The average molecular weight is 1190 g/mol. The molecule has 0 nitrogen and oxygen atoms in total. The molecule has 0 aliphatic rings. The monoisotopic (exact) mass is 1190 g/mol. The van der Waals surface area contributed by atoms with E-state index in [1.807, 2.05) is 22.7 Å². The summed E-state index contributed by atoms with van der Waals surface area (Å²) in [6.07, 6.45) is 0. The van der Waals surface area contributed by atoms with Crippen molar-refractivity contribution >= 4 is 106 Å². The van der Waals surface area contributed by atoms with E-state index in [-0.39, 0.29) is 16.2 Å². The number of hydrogen-bond donors (Lipinski definition) is 0. The summed E-state index contributed by atoms with van der Waals surface area (Å²) >= 11 is 3.76. The van der Waals surface area contributed by atoms with Gasteiger partial charge in [-0.2, -0.15) is 0 Å². The van der Waals surface area contributed by atoms with Gasteiger partial charge in [-0.1, -0.05) is 238 Å². The van der Waals surface area contributed by atoms with Gasteiger partial charge in [-0.05, 0) is 240 Å². The van der Waals surface area contributed by atoms with E-state index >= 15 is 0 Å². The van der Waals surface area contributed by atoms with Gasteiger partial charge < -0.3 is 0 Å². The largest absolute Gasteiger partial charge is 0.135 e. The molecule has 2 heteroatoms. The standard InChI is InChI=1S/C46H40S.C42H32S/c1-45(2,3)39-24-38(25-40(28-39)46(4,5)6)35-17-19-44-42(27-35)41-26-34(16-18-43(41)47-44)31-13-15-33-22-36-20-30(29-10-8-7-9-11-29)12-14-32(36)23-37(33)21-31;1-42(2,3)37-18-15-27(16-19-37)28-7-6-8-29(21-28)30-11-13-32-25-36-23-31(12-14-33(36)24-35(32)22-30)34-17-20-41-39(26-34)38-9-4-5-10-40(38)43-41/h7-28H,1-6H3;4-26H,1-3H3. The molecule has 0 spiro atoms. The number of thiophene rings is 2. The average Bonchev–Trinajstić information content (AvgIpc) is 1.80. The van der Waals surface area contributed by atoms with Gasteiger partial charge in [-0.3, -0.25) is 0 Å². The lowest BCUT2D eigenvalue weighted by Gasteiger charge is -2.26. The molecule has 0 bridgehead atoms. The van der Waals surface area contributed by atoms with E-state index in [9.17, 15) is 0 Å². The molecule has 0 amide bonds. The molecule has 0 atom stereocenters. The van der Waals surface area contributed by atoms with Crippen LogP contribution in [0.4, 0.5) is 0 Å². The van der Waals surface area contributed by atoms with Crippen LogP contribution in [0.3, 0.4) is 0 Å². The maximum atomic E-state index is 2.42. The van der Waals surface area contributed by atoms with Gasteiger partial charge >= 0.3 is 0 Å². The van der Waals surface area contributed by atoms with Crippen molar-refractivity contribution in [1.82, 2.24) is 0 Å². The van der Waals surface area contributed by atoms with Crippen LogP contribution >= 0.6 is 22.7 Å². The first-order chi connectivity index (χ1) is 43.4. The van der Waals surface area contributed by atoms with Crippen molar-refractivity contribution in [2.24, 2.45) is 0 Å². The van der Waals surface area contributed by atoms with Gasteiger partial charge in [-0.25, -0.2) is 0 Å². The van der Waals surface area contributed by atoms with Gasteiger partial charge in [0.2, 0.25) is 0 Å². The third-order valence-electron chi connectivity index (χ3n) is 18.5. The molecule has 0 aliphatic carbocycles. The number of benzene rings is 14. The Morgan fingerprint density at radius 1 is 0.178 bits per heavy atom. The maximum Gasteiger partial charge on any atom is 0.0355 e. The van der Waals surface area contributed by atoms with Gasteiger partial charge in [0, 0.05) is 40.3 Å². The van der Waals surface area contributed by atoms with Crippen LogP contribution in [-0.2, 0) is 16.2 Å². The summed E-state index contributed by atoms with van der Waals surface area (Å²) in [6.45, 7) is 20.7. The summed E-state index contributed by atoms with van der Waals surface area (Å²) in [7, 11) is 0. The van der Waals surface area contributed by atoms with Crippen LogP contribution in [0.15, 0.2) is 273 Å². The molecule has 2 heterocycles. The van der Waals surface area contributed by atoms with Gasteiger partial charge in [0.1, 0.15) is 0 Å². The zero-order valence-electron chi connectivity index (χ0n) is 52.8.